The van der Waals surface area contributed by atoms with E-state index in [9.17, 15) is 15.3 Å². The molecule has 0 spiro atoms. The lowest BCUT2D eigenvalue weighted by molar-refractivity contribution is 0.112. The Morgan fingerprint density at radius 1 is 1.06 bits per heavy atom. The first-order valence-corrected chi connectivity index (χ1v) is 11.4. The van der Waals surface area contributed by atoms with Crippen molar-refractivity contribution >= 4 is 0 Å². The van der Waals surface area contributed by atoms with Gasteiger partial charge < -0.3 is 15.3 Å². The van der Waals surface area contributed by atoms with Gasteiger partial charge in [0.15, 0.2) is 0 Å². The third kappa shape index (κ3) is 4.64. The van der Waals surface area contributed by atoms with Gasteiger partial charge in [0, 0.05) is 30.8 Å². The number of aromatic nitrogens is 3. The van der Waals surface area contributed by atoms with Crippen LogP contribution in [0.25, 0.3) is 16.9 Å². The molecule has 7 heteroatoms. The topological polar surface area (TPSA) is 94.6 Å². The van der Waals surface area contributed by atoms with Gasteiger partial charge in [0.05, 0.1) is 11.9 Å². The Balaban J connectivity index is 1.58. The summed E-state index contributed by atoms with van der Waals surface area (Å²) in [4.78, 5) is 2.47. The second kappa shape index (κ2) is 9.71. The molecule has 2 aromatic carbocycles. The monoisotopic (exact) mass is 436 g/mol. The van der Waals surface area contributed by atoms with Gasteiger partial charge >= 0.3 is 0 Å². The quantitative estimate of drug-likeness (QED) is 0.514. The van der Waals surface area contributed by atoms with Crippen molar-refractivity contribution in [2.75, 3.05) is 13.2 Å². The molecule has 7 nitrogen and oxygen atoms in total. The summed E-state index contributed by atoms with van der Waals surface area (Å²) >= 11 is 0. The molecule has 32 heavy (non-hydrogen) atoms. The van der Waals surface area contributed by atoms with Crippen molar-refractivity contribution in [3.63, 3.8) is 0 Å². The zero-order valence-corrected chi connectivity index (χ0v) is 18.8. The average molecular weight is 437 g/mol. The van der Waals surface area contributed by atoms with Crippen LogP contribution in [0.2, 0.25) is 0 Å². The van der Waals surface area contributed by atoms with Gasteiger partial charge in [0.1, 0.15) is 17.2 Å². The first kappa shape index (κ1) is 22.3. The van der Waals surface area contributed by atoms with Gasteiger partial charge in [0.2, 0.25) is 0 Å². The van der Waals surface area contributed by atoms with Crippen LogP contribution in [0.4, 0.5) is 0 Å². The van der Waals surface area contributed by atoms with Crippen molar-refractivity contribution in [1.82, 2.24) is 19.9 Å². The molecule has 0 bridgehead atoms. The standard InChI is InChI=1S/C25H32N4O3/c1-17(2)21-13-22(25(32)14-24(21)31)29-23(15-26-27-29)19-8-6-18(7-9-19)16-28-11-4-3-5-20(28)10-12-30/h6-9,13-15,17,20,30-32H,3-5,10-12,16H2,1-2H3. The largest absolute Gasteiger partial charge is 0.508 e. The fraction of sp³-hybridized carbons (Fsp3) is 0.440. The van der Waals surface area contributed by atoms with E-state index >= 15 is 0 Å². The van der Waals surface area contributed by atoms with Crippen LogP contribution in [0.5, 0.6) is 11.5 Å². The van der Waals surface area contributed by atoms with Crippen LogP contribution in [0.15, 0.2) is 42.6 Å². The van der Waals surface area contributed by atoms with E-state index in [1.165, 1.54) is 24.5 Å². The molecular weight excluding hydrogens is 404 g/mol. The van der Waals surface area contributed by atoms with E-state index in [0.717, 1.165) is 42.8 Å². The first-order valence-electron chi connectivity index (χ1n) is 11.4. The molecule has 0 amide bonds. The Labute approximate surface area is 188 Å². The number of phenolic OH excluding ortho intramolecular Hbond substituents is 2. The van der Waals surface area contributed by atoms with Crippen LogP contribution in [0.1, 0.15) is 56.6 Å². The average Bonchev–Trinajstić information content (AvgIpc) is 3.25. The molecule has 1 fully saturated rings. The maximum absolute atomic E-state index is 10.5. The fourth-order valence-electron chi connectivity index (χ4n) is 4.58. The highest BCUT2D eigenvalue weighted by Crippen LogP contribution is 2.35. The number of aliphatic hydroxyl groups excluding tert-OH is 1. The normalized spacial score (nSPS) is 17.2. The predicted molar refractivity (Wildman–Crippen MR) is 124 cm³/mol. The van der Waals surface area contributed by atoms with Crippen LogP contribution >= 0.6 is 0 Å². The van der Waals surface area contributed by atoms with E-state index in [1.807, 2.05) is 13.8 Å². The van der Waals surface area contributed by atoms with E-state index in [4.69, 9.17) is 0 Å². The minimum atomic E-state index is -0.0460. The molecule has 2 heterocycles. The molecule has 1 unspecified atom stereocenters. The predicted octanol–water partition coefficient (Wildman–Crippen LogP) is 4.21. The van der Waals surface area contributed by atoms with Gasteiger partial charge in [-0.1, -0.05) is 49.7 Å². The summed E-state index contributed by atoms with van der Waals surface area (Å²) in [6, 6.07) is 11.9. The van der Waals surface area contributed by atoms with Crippen molar-refractivity contribution in [2.45, 2.75) is 58.0 Å². The summed E-state index contributed by atoms with van der Waals surface area (Å²) in [7, 11) is 0. The van der Waals surface area contributed by atoms with Crippen molar-refractivity contribution in [3.05, 3.63) is 53.7 Å². The van der Waals surface area contributed by atoms with E-state index < -0.39 is 0 Å². The zero-order chi connectivity index (χ0) is 22.7. The molecule has 0 aliphatic carbocycles. The Hall–Kier alpha value is -2.90. The highest BCUT2D eigenvalue weighted by atomic mass is 16.3. The number of phenols is 2. The summed E-state index contributed by atoms with van der Waals surface area (Å²) in [5.74, 6) is 0.129. The highest BCUT2D eigenvalue weighted by molar-refractivity contribution is 5.64. The zero-order valence-electron chi connectivity index (χ0n) is 18.8. The van der Waals surface area contributed by atoms with Gasteiger partial charge in [-0.2, -0.15) is 0 Å². The number of hydrogen-bond donors (Lipinski definition) is 3. The van der Waals surface area contributed by atoms with Crippen LogP contribution in [-0.4, -0.2) is 54.4 Å². The Morgan fingerprint density at radius 2 is 1.84 bits per heavy atom. The molecule has 1 aromatic heterocycles. The summed E-state index contributed by atoms with van der Waals surface area (Å²) in [6.07, 6.45) is 6.10. The summed E-state index contributed by atoms with van der Waals surface area (Å²) in [5, 5.41) is 38.3. The van der Waals surface area contributed by atoms with E-state index in [-0.39, 0.29) is 24.0 Å². The number of benzene rings is 2. The second-order valence-corrected chi connectivity index (χ2v) is 8.91. The van der Waals surface area contributed by atoms with Gasteiger partial charge in [0.25, 0.3) is 0 Å². The van der Waals surface area contributed by atoms with E-state index in [0.29, 0.717) is 11.7 Å². The van der Waals surface area contributed by atoms with Crippen molar-refractivity contribution in [3.8, 4) is 28.4 Å². The molecular formula is C25H32N4O3. The van der Waals surface area contributed by atoms with E-state index in [2.05, 4.69) is 39.5 Å². The molecule has 0 radical (unpaired) electrons. The van der Waals surface area contributed by atoms with Crippen LogP contribution < -0.4 is 0 Å². The molecule has 4 rings (SSSR count). The number of rotatable bonds is 7. The number of hydrogen-bond acceptors (Lipinski definition) is 6. The third-order valence-electron chi connectivity index (χ3n) is 6.37. The van der Waals surface area contributed by atoms with E-state index in [1.54, 1.807) is 16.9 Å². The van der Waals surface area contributed by atoms with Gasteiger partial charge in [-0.3, -0.25) is 4.90 Å². The number of nitrogens with zero attached hydrogens (tertiary/aromatic N) is 4. The molecule has 0 saturated carbocycles. The minimum Gasteiger partial charge on any atom is -0.508 e. The Kier molecular flexibility index (Phi) is 6.77. The van der Waals surface area contributed by atoms with Crippen molar-refractivity contribution in [1.29, 1.82) is 0 Å². The minimum absolute atomic E-state index is 0.0460. The molecule has 3 aromatic rings. The highest BCUT2D eigenvalue weighted by Gasteiger charge is 2.22. The molecule has 1 atom stereocenters. The molecule has 3 N–H and O–H groups in total. The first-order chi connectivity index (χ1) is 15.5. The lowest BCUT2D eigenvalue weighted by atomic mass is 9.98. The number of piperidine rings is 1. The lowest BCUT2D eigenvalue weighted by Crippen LogP contribution is -2.39. The van der Waals surface area contributed by atoms with Crippen LogP contribution in [0.3, 0.4) is 0 Å². The molecule has 1 saturated heterocycles. The van der Waals surface area contributed by atoms with Gasteiger partial charge in [-0.15, -0.1) is 5.10 Å². The molecule has 1 aliphatic heterocycles. The summed E-state index contributed by atoms with van der Waals surface area (Å²) in [5.41, 5.74) is 4.18. The number of likely N-dealkylation sites (tertiary alicyclic amines) is 1. The number of aliphatic hydroxyl groups is 1. The third-order valence-corrected chi connectivity index (χ3v) is 6.37. The smallest absolute Gasteiger partial charge is 0.145 e. The maximum Gasteiger partial charge on any atom is 0.145 e. The summed E-state index contributed by atoms with van der Waals surface area (Å²) < 4.78 is 1.61. The SMILES string of the molecule is CC(C)c1cc(-n2nncc2-c2ccc(CN3CCCCC3CCO)cc2)c(O)cc1O. The molecule has 170 valence electrons. The summed E-state index contributed by atoms with van der Waals surface area (Å²) in [6.45, 7) is 6.16. The number of aromatic hydroxyl groups is 2. The van der Waals surface area contributed by atoms with Crippen LogP contribution in [0, 0.1) is 0 Å². The van der Waals surface area contributed by atoms with Gasteiger partial charge in [-0.25, -0.2) is 4.68 Å². The Morgan fingerprint density at radius 3 is 2.56 bits per heavy atom. The van der Waals surface area contributed by atoms with Crippen LogP contribution in [-0.2, 0) is 6.54 Å². The lowest BCUT2D eigenvalue weighted by Gasteiger charge is -2.35. The maximum atomic E-state index is 10.5. The van der Waals surface area contributed by atoms with Crippen molar-refractivity contribution in [2.24, 2.45) is 0 Å². The van der Waals surface area contributed by atoms with Gasteiger partial charge in [-0.05, 0) is 48.9 Å². The molecule has 1 aliphatic rings. The second-order valence-electron chi connectivity index (χ2n) is 8.91. The fourth-order valence-corrected chi connectivity index (χ4v) is 4.58. The Bertz CT molecular complexity index is 1040. The van der Waals surface area contributed by atoms with Crippen molar-refractivity contribution < 1.29 is 15.3 Å².